The van der Waals surface area contributed by atoms with Crippen LogP contribution in [0.25, 0.3) is 10.9 Å². The lowest BCUT2D eigenvalue weighted by Crippen LogP contribution is -2.31. The van der Waals surface area contributed by atoms with Crippen LogP contribution >= 0.6 is 0 Å². The first-order valence-electron chi connectivity index (χ1n) is 10.8. The molecule has 170 valence electrons. The Morgan fingerprint density at radius 1 is 1.03 bits per heavy atom. The first kappa shape index (κ1) is 20.9. The quantitative estimate of drug-likeness (QED) is 0.447. The molecule has 0 saturated heterocycles. The number of H-pyrrole nitrogens is 2. The molecule has 1 aliphatic rings. The van der Waals surface area contributed by atoms with E-state index < -0.39 is 0 Å². The highest BCUT2D eigenvalue weighted by atomic mass is 16.5. The molecule has 4 aromatic rings. The summed E-state index contributed by atoms with van der Waals surface area (Å²) in [5, 5.41) is 8.37. The number of aromatic nitrogens is 3. The molecule has 0 fully saturated rings. The fourth-order valence-electron chi connectivity index (χ4n) is 4.68. The third-order valence-corrected chi connectivity index (χ3v) is 6.36. The van der Waals surface area contributed by atoms with Crippen molar-refractivity contribution in [1.82, 2.24) is 20.1 Å². The zero-order chi connectivity index (χ0) is 23.1. The average Bonchev–Trinajstić information content (AvgIpc) is 3.51. The van der Waals surface area contributed by atoms with Crippen LogP contribution in [-0.4, -0.2) is 53.9 Å². The Hall–Kier alpha value is -3.94. The minimum Gasteiger partial charge on any atom is -0.497 e. The van der Waals surface area contributed by atoms with Gasteiger partial charge in [0.15, 0.2) is 17.2 Å². The number of fused-ring (bicyclic) bond motifs is 2. The molecule has 2 N–H and O–H groups in total. The van der Waals surface area contributed by atoms with E-state index in [0.717, 1.165) is 39.0 Å². The predicted molar refractivity (Wildman–Crippen MR) is 124 cm³/mol. The van der Waals surface area contributed by atoms with E-state index in [0.29, 0.717) is 30.2 Å². The van der Waals surface area contributed by atoms with E-state index in [1.807, 2.05) is 54.4 Å². The summed E-state index contributed by atoms with van der Waals surface area (Å²) in [4.78, 5) is 18.6. The molecule has 0 aliphatic carbocycles. The van der Waals surface area contributed by atoms with Crippen molar-refractivity contribution in [3.63, 3.8) is 0 Å². The SMILES string of the molecule is COc1ccc2[nH]cc(CCN3C(=O)c4n[nH]c(C)c4C3c3ccc(OC)c(OC)c3)c2c1. The highest BCUT2D eigenvalue weighted by Gasteiger charge is 2.41. The van der Waals surface area contributed by atoms with Crippen LogP contribution in [-0.2, 0) is 6.42 Å². The Morgan fingerprint density at radius 2 is 1.85 bits per heavy atom. The maximum Gasteiger partial charge on any atom is 0.275 e. The lowest BCUT2D eigenvalue weighted by molar-refractivity contribution is 0.0745. The third-order valence-electron chi connectivity index (χ3n) is 6.36. The van der Waals surface area contributed by atoms with E-state index in [9.17, 15) is 4.79 Å². The summed E-state index contributed by atoms with van der Waals surface area (Å²) < 4.78 is 16.3. The molecule has 0 bridgehead atoms. The Morgan fingerprint density at radius 3 is 2.61 bits per heavy atom. The van der Waals surface area contributed by atoms with E-state index in [2.05, 4.69) is 15.2 Å². The number of benzene rings is 2. The average molecular weight is 447 g/mol. The number of amides is 1. The number of carbonyl (C=O) groups is 1. The maximum absolute atomic E-state index is 13.4. The summed E-state index contributed by atoms with van der Waals surface area (Å²) in [5.74, 6) is 2.00. The van der Waals surface area contributed by atoms with Crippen LogP contribution in [0.5, 0.6) is 17.2 Å². The number of aromatic amines is 2. The summed E-state index contributed by atoms with van der Waals surface area (Å²) in [5.41, 5.74) is 5.40. The Bertz CT molecular complexity index is 1340. The van der Waals surface area contributed by atoms with Crippen LogP contribution in [0.2, 0.25) is 0 Å². The number of rotatable bonds is 7. The molecule has 8 nitrogen and oxygen atoms in total. The van der Waals surface area contributed by atoms with Gasteiger partial charge in [0.2, 0.25) is 0 Å². The van der Waals surface area contributed by atoms with Gasteiger partial charge >= 0.3 is 0 Å². The van der Waals surface area contributed by atoms with E-state index >= 15 is 0 Å². The molecule has 0 saturated carbocycles. The first-order chi connectivity index (χ1) is 16.0. The number of methoxy groups -OCH3 is 3. The Balaban J connectivity index is 1.50. The van der Waals surface area contributed by atoms with Crippen molar-refractivity contribution in [3.05, 3.63) is 70.7 Å². The van der Waals surface area contributed by atoms with Gasteiger partial charge in [-0.15, -0.1) is 0 Å². The fourth-order valence-corrected chi connectivity index (χ4v) is 4.68. The number of hydrogen-bond acceptors (Lipinski definition) is 5. The first-order valence-corrected chi connectivity index (χ1v) is 10.8. The second kappa shape index (κ2) is 8.20. The Kier molecular flexibility index (Phi) is 5.20. The number of nitrogens with one attached hydrogen (secondary N) is 2. The van der Waals surface area contributed by atoms with Crippen molar-refractivity contribution in [2.75, 3.05) is 27.9 Å². The maximum atomic E-state index is 13.4. The van der Waals surface area contributed by atoms with Gasteiger partial charge in [-0.1, -0.05) is 6.07 Å². The topological polar surface area (TPSA) is 92.5 Å². The van der Waals surface area contributed by atoms with Crippen molar-refractivity contribution >= 4 is 16.8 Å². The minimum atomic E-state index is -0.259. The van der Waals surface area contributed by atoms with Gasteiger partial charge < -0.3 is 24.1 Å². The lowest BCUT2D eigenvalue weighted by Gasteiger charge is -2.26. The molecule has 2 aromatic carbocycles. The van der Waals surface area contributed by atoms with E-state index in [1.54, 1.807) is 21.3 Å². The highest BCUT2D eigenvalue weighted by molar-refractivity contribution is 5.98. The molecule has 8 heteroatoms. The van der Waals surface area contributed by atoms with E-state index in [-0.39, 0.29) is 11.9 Å². The van der Waals surface area contributed by atoms with Gasteiger partial charge in [-0.3, -0.25) is 9.89 Å². The van der Waals surface area contributed by atoms with Crippen LogP contribution in [0.3, 0.4) is 0 Å². The van der Waals surface area contributed by atoms with Gasteiger partial charge in [0.25, 0.3) is 5.91 Å². The second-order valence-electron chi connectivity index (χ2n) is 8.10. The summed E-state index contributed by atoms with van der Waals surface area (Å²) in [6.45, 7) is 2.49. The highest BCUT2D eigenvalue weighted by Crippen LogP contribution is 2.42. The van der Waals surface area contributed by atoms with Crippen LogP contribution in [0.1, 0.15) is 38.9 Å². The van der Waals surface area contributed by atoms with Crippen LogP contribution < -0.4 is 14.2 Å². The van der Waals surface area contributed by atoms with Gasteiger partial charge in [-0.05, 0) is 54.8 Å². The van der Waals surface area contributed by atoms with Crippen molar-refractivity contribution < 1.29 is 19.0 Å². The number of ether oxygens (including phenoxy) is 3. The van der Waals surface area contributed by atoms with Gasteiger partial charge in [-0.25, -0.2) is 0 Å². The standard InChI is InChI=1S/C25H26N4O4/c1-14-22-23(28-27-14)25(30)29(24(22)15-5-8-20(32-3)21(11-15)33-4)10-9-16-13-26-19-7-6-17(31-2)12-18(16)19/h5-8,11-13,24,26H,9-10H2,1-4H3,(H,27,28). The zero-order valence-electron chi connectivity index (χ0n) is 19.1. The minimum absolute atomic E-state index is 0.0773. The van der Waals surface area contributed by atoms with Gasteiger partial charge in [0.1, 0.15) is 5.75 Å². The van der Waals surface area contributed by atoms with Gasteiger partial charge in [-0.2, -0.15) is 5.10 Å². The molecule has 5 rings (SSSR count). The molecule has 1 unspecified atom stereocenters. The molecule has 1 amide bonds. The van der Waals surface area contributed by atoms with Crippen LogP contribution in [0.4, 0.5) is 0 Å². The molecule has 1 aliphatic heterocycles. The van der Waals surface area contributed by atoms with Crippen molar-refractivity contribution in [2.24, 2.45) is 0 Å². The van der Waals surface area contributed by atoms with Gasteiger partial charge in [0.05, 0.1) is 27.4 Å². The molecule has 3 heterocycles. The molecular weight excluding hydrogens is 420 g/mol. The number of aryl methyl sites for hydroxylation is 1. The van der Waals surface area contributed by atoms with E-state index in [4.69, 9.17) is 14.2 Å². The second-order valence-corrected chi connectivity index (χ2v) is 8.10. The van der Waals surface area contributed by atoms with Crippen molar-refractivity contribution in [3.8, 4) is 17.2 Å². The third kappa shape index (κ3) is 3.38. The predicted octanol–water partition coefficient (Wildman–Crippen LogP) is 4.01. The Labute approximate surface area is 191 Å². The molecular formula is C25H26N4O4. The molecule has 0 radical (unpaired) electrons. The van der Waals surface area contributed by atoms with E-state index in [1.165, 1.54) is 0 Å². The number of hydrogen-bond donors (Lipinski definition) is 2. The smallest absolute Gasteiger partial charge is 0.275 e. The number of carbonyl (C=O) groups excluding carboxylic acids is 1. The summed E-state index contributed by atoms with van der Waals surface area (Å²) in [6.07, 6.45) is 2.69. The summed E-state index contributed by atoms with van der Waals surface area (Å²) in [6, 6.07) is 11.5. The van der Waals surface area contributed by atoms with Gasteiger partial charge in [0, 0.05) is 34.9 Å². The van der Waals surface area contributed by atoms with Crippen molar-refractivity contribution in [2.45, 2.75) is 19.4 Å². The lowest BCUT2D eigenvalue weighted by atomic mass is 9.98. The molecule has 2 aromatic heterocycles. The van der Waals surface area contributed by atoms with Crippen LogP contribution in [0, 0.1) is 6.92 Å². The molecule has 0 spiro atoms. The molecule has 33 heavy (non-hydrogen) atoms. The molecule has 1 atom stereocenters. The zero-order valence-corrected chi connectivity index (χ0v) is 19.1. The summed E-state index contributed by atoms with van der Waals surface area (Å²) >= 11 is 0. The monoisotopic (exact) mass is 446 g/mol. The summed E-state index contributed by atoms with van der Waals surface area (Å²) in [7, 11) is 4.88. The normalized spacial score (nSPS) is 15.2. The fraction of sp³-hybridized carbons (Fsp3) is 0.280. The van der Waals surface area contributed by atoms with Crippen LogP contribution in [0.15, 0.2) is 42.6 Å². The largest absolute Gasteiger partial charge is 0.497 e. The number of nitrogens with zero attached hydrogens (tertiary/aromatic N) is 2. The van der Waals surface area contributed by atoms with Crippen molar-refractivity contribution in [1.29, 1.82) is 0 Å².